The van der Waals surface area contributed by atoms with Gasteiger partial charge in [-0.05, 0) is 14.1 Å². The van der Waals surface area contributed by atoms with E-state index in [2.05, 4.69) is 26.9 Å². The summed E-state index contributed by atoms with van der Waals surface area (Å²) in [5, 5.41) is 6.13. The second-order valence-electron chi connectivity index (χ2n) is 5.90. The van der Waals surface area contributed by atoms with Crippen molar-refractivity contribution in [3.05, 3.63) is 54.0 Å². The van der Waals surface area contributed by atoms with Crippen molar-refractivity contribution in [2.75, 3.05) is 20.6 Å². The zero-order valence-electron chi connectivity index (χ0n) is 13.7. The molecule has 2 aromatic carbocycles. The van der Waals surface area contributed by atoms with Gasteiger partial charge in [-0.3, -0.25) is 0 Å². The van der Waals surface area contributed by atoms with E-state index < -0.39 is 0 Å². The molecule has 0 saturated carbocycles. The van der Waals surface area contributed by atoms with Crippen LogP contribution in [0.2, 0.25) is 0 Å². The molecule has 0 fully saturated rings. The Balaban J connectivity index is 1.84. The third-order valence-corrected chi connectivity index (χ3v) is 4.51. The molecule has 0 spiro atoms. The van der Waals surface area contributed by atoms with E-state index in [0.29, 0.717) is 11.0 Å². The summed E-state index contributed by atoms with van der Waals surface area (Å²) in [6, 6.07) is 10.5. The first-order valence-corrected chi connectivity index (χ1v) is 9.07. The summed E-state index contributed by atoms with van der Waals surface area (Å²) in [7, 11) is 4.09. The van der Waals surface area contributed by atoms with Crippen LogP contribution in [-0.2, 0) is 11.8 Å². The molecule has 4 nitrogen and oxygen atoms in total. The van der Waals surface area contributed by atoms with E-state index in [0.717, 1.165) is 35.3 Å². The fourth-order valence-corrected chi connectivity index (χ4v) is 3.02. The summed E-state index contributed by atoms with van der Waals surface area (Å²) in [6.07, 6.45) is 1.85. The van der Waals surface area contributed by atoms with Gasteiger partial charge in [0.15, 0.2) is 0 Å². The molecule has 2 radical (unpaired) electrons. The molecular formula is C18H19AsFN3O. The van der Waals surface area contributed by atoms with E-state index in [1.807, 2.05) is 43.2 Å². The van der Waals surface area contributed by atoms with Gasteiger partial charge >= 0.3 is 135 Å². The average Bonchev–Trinajstić information content (AvgIpc) is 2.97. The average molecular weight is 387 g/mol. The molecule has 1 heterocycles. The van der Waals surface area contributed by atoms with Crippen molar-refractivity contribution in [3.63, 3.8) is 0 Å². The Hall–Kier alpha value is -1.84. The molecular weight excluding hydrogens is 368 g/mol. The van der Waals surface area contributed by atoms with Gasteiger partial charge in [0.25, 0.3) is 0 Å². The Morgan fingerprint density at radius 2 is 2.04 bits per heavy atom. The van der Waals surface area contributed by atoms with Gasteiger partial charge in [0.2, 0.25) is 0 Å². The SMILES string of the molecule is CN(C)CCn1ncc2cc(Oc3ccc(F)cc3C[As])ccc21. The van der Waals surface area contributed by atoms with Crippen LogP contribution >= 0.6 is 0 Å². The molecule has 0 aliphatic carbocycles. The fourth-order valence-electron chi connectivity index (χ4n) is 2.50. The molecule has 24 heavy (non-hydrogen) atoms. The minimum atomic E-state index is -0.249. The normalized spacial score (nSPS) is 11.4. The fraction of sp³-hybridized carbons (Fsp3) is 0.278. The summed E-state index contributed by atoms with van der Waals surface area (Å²) in [6.45, 7) is 1.77. The third-order valence-electron chi connectivity index (χ3n) is 3.79. The monoisotopic (exact) mass is 387 g/mol. The first-order valence-electron chi connectivity index (χ1n) is 7.74. The van der Waals surface area contributed by atoms with Crippen LogP contribution in [0.4, 0.5) is 4.39 Å². The predicted molar refractivity (Wildman–Crippen MR) is 94.2 cm³/mol. The number of likely N-dealkylation sites (N-methyl/N-ethyl adjacent to an activating group) is 1. The van der Waals surface area contributed by atoms with E-state index in [4.69, 9.17) is 4.74 Å². The van der Waals surface area contributed by atoms with Crippen LogP contribution in [0, 0.1) is 5.82 Å². The van der Waals surface area contributed by atoms with Gasteiger partial charge in [-0.1, -0.05) is 0 Å². The van der Waals surface area contributed by atoms with E-state index in [-0.39, 0.29) is 5.82 Å². The van der Waals surface area contributed by atoms with Gasteiger partial charge in [-0.15, -0.1) is 0 Å². The summed E-state index contributed by atoms with van der Waals surface area (Å²) in [4.78, 5) is 2.13. The first kappa shape index (κ1) is 17.0. The molecule has 1 aromatic heterocycles. The van der Waals surface area contributed by atoms with Crippen LogP contribution in [0.25, 0.3) is 10.9 Å². The summed E-state index contributed by atoms with van der Waals surface area (Å²) in [5.74, 6) is 1.15. The number of halogens is 1. The molecule has 0 atom stereocenters. The van der Waals surface area contributed by atoms with Gasteiger partial charge in [0, 0.05) is 0 Å². The van der Waals surface area contributed by atoms with Crippen LogP contribution in [0.1, 0.15) is 5.56 Å². The van der Waals surface area contributed by atoms with Gasteiger partial charge in [-0.25, -0.2) is 0 Å². The summed E-state index contributed by atoms with van der Waals surface area (Å²) in [5.41, 5.74) is 1.91. The topological polar surface area (TPSA) is 30.3 Å². The van der Waals surface area contributed by atoms with E-state index in [1.54, 1.807) is 6.07 Å². The van der Waals surface area contributed by atoms with Crippen molar-refractivity contribution < 1.29 is 9.13 Å². The van der Waals surface area contributed by atoms with Crippen LogP contribution in [0.15, 0.2) is 42.6 Å². The van der Waals surface area contributed by atoms with Crippen LogP contribution in [0.5, 0.6) is 11.5 Å². The molecule has 0 aliphatic heterocycles. The molecule has 0 aliphatic rings. The van der Waals surface area contributed by atoms with Crippen molar-refractivity contribution in [3.8, 4) is 11.5 Å². The van der Waals surface area contributed by atoms with Gasteiger partial charge in [-0.2, -0.15) is 0 Å². The number of hydrogen-bond acceptors (Lipinski definition) is 3. The van der Waals surface area contributed by atoms with E-state index >= 15 is 0 Å². The number of rotatable bonds is 6. The minimum absolute atomic E-state index is 0.249. The summed E-state index contributed by atoms with van der Waals surface area (Å²) >= 11 is 2.45. The Morgan fingerprint density at radius 1 is 1.21 bits per heavy atom. The second kappa shape index (κ2) is 7.37. The van der Waals surface area contributed by atoms with Crippen LogP contribution < -0.4 is 4.74 Å². The van der Waals surface area contributed by atoms with Crippen LogP contribution in [0.3, 0.4) is 0 Å². The number of benzene rings is 2. The van der Waals surface area contributed by atoms with E-state index in [1.165, 1.54) is 12.1 Å². The molecule has 0 bridgehead atoms. The molecule has 0 N–H and O–H groups in total. The zero-order chi connectivity index (χ0) is 17.1. The zero-order valence-corrected chi connectivity index (χ0v) is 15.6. The standard InChI is InChI=1S/C18H19AsFN3O/c1-22(2)7-8-23-17-5-4-16(10-14(17)12-21-23)24-18-6-3-15(20)9-13(18)11-19/h3-6,9-10,12H,7-8,11H2,1-2H3. The van der Waals surface area contributed by atoms with Crippen molar-refractivity contribution in [2.45, 2.75) is 11.8 Å². The Morgan fingerprint density at radius 3 is 2.79 bits per heavy atom. The van der Waals surface area contributed by atoms with Crippen molar-refractivity contribution in [2.24, 2.45) is 0 Å². The molecule has 0 saturated heterocycles. The number of nitrogens with zero attached hydrogens (tertiary/aromatic N) is 3. The first-order chi connectivity index (χ1) is 11.6. The maximum absolute atomic E-state index is 13.3. The van der Waals surface area contributed by atoms with E-state index in [9.17, 15) is 4.39 Å². The van der Waals surface area contributed by atoms with Crippen LogP contribution in [-0.4, -0.2) is 52.2 Å². The predicted octanol–water partition coefficient (Wildman–Crippen LogP) is 3.20. The maximum atomic E-state index is 13.3. The van der Waals surface area contributed by atoms with Gasteiger partial charge < -0.3 is 0 Å². The number of fused-ring (bicyclic) bond motifs is 1. The molecule has 3 aromatic rings. The van der Waals surface area contributed by atoms with Gasteiger partial charge in [0.05, 0.1) is 0 Å². The number of hydrogen-bond donors (Lipinski definition) is 0. The summed E-state index contributed by atoms with van der Waals surface area (Å²) < 4.78 is 21.3. The Bertz CT molecular complexity index is 847. The Kier molecular flexibility index (Phi) is 5.22. The number of aromatic nitrogens is 2. The Labute approximate surface area is 149 Å². The van der Waals surface area contributed by atoms with Crippen molar-refractivity contribution in [1.82, 2.24) is 14.7 Å². The quantitative estimate of drug-likeness (QED) is 0.609. The number of ether oxygens (including phenoxy) is 1. The molecule has 6 heteroatoms. The molecule has 124 valence electrons. The van der Waals surface area contributed by atoms with Gasteiger partial charge in [0.1, 0.15) is 0 Å². The molecule has 0 unspecified atom stereocenters. The third kappa shape index (κ3) is 3.79. The van der Waals surface area contributed by atoms with Crippen molar-refractivity contribution >= 4 is 27.8 Å². The van der Waals surface area contributed by atoms with Crippen molar-refractivity contribution in [1.29, 1.82) is 0 Å². The molecule has 3 rings (SSSR count). The second-order valence-corrected chi connectivity index (χ2v) is 6.57. The molecule has 0 amide bonds.